The lowest BCUT2D eigenvalue weighted by Gasteiger charge is -2.11. The molecule has 6 nitrogen and oxygen atoms in total. The van der Waals surface area contributed by atoms with Gasteiger partial charge in [-0.1, -0.05) is 127 Å². The molecule has 9 rings (SSSR count). The molecule has 0 aliphatic heterocycles. The van der Waals surface area contributed by atoms with E-state index in [0.717, 1.165) is 66.7 Å². The van der Waals surface area contributed by atoms with Gasteiger partial charge in [-0.15, -0.1) is 0 Å². The summed E-state index contributed by atoms with van der Waals surface area (Å²) in [6.07, 6.45) is 2.02. The van der Waals surface area contributed by atoms with Crippen LogP contribution in [-0.2, 0) is 0 Å². The molecule has 0 unspecified atom stereocenters. The molecule has 0 aliphatic carbocycles. The van der Waals surface area contributed by atoms with Crippen LogP contribution in [0, 0.1) is 0 Å². The van der Waals surface area contributed by atoms with E-state index in [1.165, 1.54) is 0 Å². The molecular weight excluding hydrogens is 576 g/mol. The number of fused-ring (bicyclic) bond motifs is 5. The quantitative estimate of drug-likeness (QED) is 0.196. The summed E-state index contributed by atoms with van der Waals surface area (Å²) < 4.78 is 2.06. The van der Waals surface area contributed by atoms with Gasteiger partial charge in [-0.3, -0.25) is 4.40 Å². The van der Waals surface area contributed by atoms with Crippen molar-refractivity contribution in [2.45, 2.75) is 0 Å². The first-order chi connectivity index (χ1) is 23.3. The monoisotopic (exact) mass is 602 g/mol. The van der Waals surface area contributed by atoms with E-state index in [1.54, 1.807) is 0 Å². The summed E-state index contributed by atoms with van der Waals surface area (Å²) in [5.74, 6) is 1.91. The fourth-order valence-electron chi connectivity index (χ4n) is 6.17. The van der Waals surface area contributed by atoms with Crippen LogP contribution in [0.2, 0.25) is 0 Å². The highest BCUT2D eigenvalue weighted by atomic mass is 15.1. The van der Waals surface area contributed by atoms with Crippen LogP contribution >= 0.6 is 0 Å². The lowest BCUT2D eigenvalue weighted by molar-refractivity contribution is 1.07. The lowest BCUT2D eigenvalue weighted by Crippen LogP contribution is -2.00. The van der Waals surface area contributed by atoms with Crippen LogP contribution in [-0.4, -0.2) is 29.3 Å². The summed E-state index contributed by atoms with van der Waals surface area (Å²) in [7, 11) is 0. The van der Waals surface area contributed by atoms with Crippen LogP contribution < -0.4 is 0 Å². The van der Waals surface area contributed by atoms with Crippen molar-refractivity contribution in [2.75, 3.05) is 0 Å². The fourth-order valence-corrected chi connectivity index (χ4v) is 6.17. The van der Waals surface area contributed by atoms with Crippen LogP contribution in [0.4, 0.5) is 0 Å². The third-order valence-corrected chi connectivity index (χ3v) is 8.45. The predicted octanol–water partition coefficient (Wildman–Crippen LogP) is 9.56. The molecule has 4 aromatic heterocycles. The van der Waals surface area contributed by atoms with Crippen LogP contribution in [0.1, 0.15) is 0 Å². The summed E-state index contributed by atoms with van der Waals surface area (Å²) in [6, 6.07) is 51.5. The number of imidazole rings is 1. The summed E-state index contributed by atoms with van der Waals surface area (Å²) in [5.41, 5.74) is 9.54. The zero-order chi connectivity index (χ0) is 31.2. The smallest absolute Gasteiger partial charge is 0.165 e. The minimum Gasteiger partial charge on any atom is -0.284 e. The summed E-state index contributed by atoms with van der Waals surface area (Å²) >= 11 is 0. The molecule has 0 N–H and O–H groups in total. The first kappa shape index (κ1) is 26.8. The van der Waals surface area contributed by atoms with Gasteiger partial charge in [0, 0.05) is 39.2 Å². The van der Waals surface area contributed by atoms with Crippen molar-refractivity contribution in [1.29, 1.82) is 0 Å². The minimum atomic E-state index is 0.626. The molecule has 0 saturated heterocycles. The van der Waals surface area contributed by atoms with Crippen molar-refractivity contribution in [1.82, 2.24) is 29.3 Å². The van der Waals surface area contributed by atoms with Crippen LogP contribution in [0.25, 0.3) is 84.1 Å². The number of rotatable bonds is 5. The number of nitrogens with zero attached hydrogens (tertiary/aromatic N) is 6. The standard InChI is InChI=1S/C41H26N6/c1-3-13-27(14-4-1)38-44-39(28-15-5-2-6-16-28)46-40(45-38)32-20-12-18-30(26-32)29-17-11-19-31(25-29)36-33-21-7-8-22-34(33)37-41(43-36)47-24-10-9-23-35(47)42-37/h1-26H. The van der Waals surface area contributed by atoms with Gasteiger partial charge in [0.15, 0.2) is 23.1 Å². The molecule has 47 heavy (non-hydrogen) atoms. The molecular formula is C41H26N6. The topological polar surface area (TPSA) is 68.9 Å². The molecule has 0 fully saturated rings. The van der Waals surface area contributed by atoms with Crippen LogP contribution in [0.15, 0.2) is 158 Å². The van der Waals surface area contributed by atoms with E-state index in [9.17, 15) is 0 Å². The molecule has 0 atom stereocenters. The minimum absolute atomic E-state index is 0.626. The van der Waals surface area contributed by atoms with Crippen molar-refractivity contribution in [3.8, 4) is 56.5 Å². The number of hydrogen-bond acceptors (Lipinski definition) is 5. The van der Waals surface area contributed by atoms with Crippen LogP contribution in [0.3, 0.4) is 0 Å². The predicted molar refractivity (Wildman–Crippen MR) is 189 cm³/mol. The van der Waals surface area contributed by atoms with Crippen molar-refractivity contribution >= 4 is 27.6 Å². The Kier molecular flexibility index (Phi) is 6.35. The Morgan fingerprint density at radius 1 is 0.362 bits per heavy atom. The van der Waals surface area contributed by atoms with Gasteiger partial charge < -0.3 is 0 Å². The highest BCUT2D eigenvalue weighted by Crippen LogP contribution is 2.35. The van der Waals surface area contributed by atoms with E-state index in [0.29, 0.717) is 17.5 Å². The molecule has 0 saturated carbocycles. The van der Waals surface area contributed by atoms with Crippen molar-refractivity contribution in [3.05, 3.63) is 158 Å². The molecule has 4 heterocycles. The number of pyridine rings is 2. The van der Waals surface area contributed by atoms with Crippen molar-refractivity contribution in [2.24, 2.45) is 0 Å². The summed E-state index contributed by atoms with van der Waals surface area (Å²) in [4.78, 5) is 24.9. The molecule has 5 aromatic carbocycles. The zero-order valence-electron chi connectivity index (χ0n) is 25.2. The Labute approximate surface area is 270 Å². The molecule has 220 valence electrons. The molecule has 0 amide bonds. The Bertz CT molecular complexity index is 2520. The number of hydrogen-bond donors (Lipinski definition) is 0. The first-order valence-corrected chi connectivity index (χ1v) is 15.5. The van der Waals surface area contributed by atoms with Gasteiger partial charge in [-0.2, -0.15) is 0 Å². The zero-order valence-corrected chi connectivity index (χ0v) is 25.2. The van der Waals surface area contributed by atoms with Gasteiger partial charge in [-0.25, -0.2) is 24.9 Å². The maximum atomic E-state index is 5.21. The molecule has 0 radical (unpaired) electrons. The van der Waals surface area contributed by atoms with Gasteiger partial charge in [0.25, 0.3) is 0 Å². The molecule has 0 spiro atoms. The van der Waals surface area contributed by atoms with Gasteiger partial charge in [0.2, 0.25) is 0 Å². The van der Waals surface area contributed by atoms with Crippen molar-refractivity contribution in [3.63, 3.8) is 0 Å². The maximum absolute atomic E-state index is 5.21. The van der Waals surface area contributed by atoms with Gasteiger partial charge in [-0.05, 0) is 35.4 Å². The first-order valence-electron chi connectivity index (χ1n) is 15.5. The van der Waals surface area contributed by atoms with Crippen molar-refractivity contribution < 1.29 is 0 Å². The Morgan fingerprint density at radius 2 is 0.872 bits per heavy atom. The molecule has 6 heteroatoms. The highest BCUT2D eigenvalue weighted by Gasteiger charge is 2.16. The molecule has 9 aromatic rings. The largest absolute Gasteiger partial charge is 0.284 e. The third kappa shape index (κ3) is 4.80. The normalized spacial score (nSPS) is 11.4. The van der Waals surface area contributed by atoms with Crippen LogP contribution in [0.5, 0.6) is 0 Å². The number of benzene rings is 5. The average Bonchev–Trinajstić information content (AvgIpc) is 3.54. The lowest BCUT2D eigenvalue weighted by atomic mass is 9.97. The third-order valence-electron chi connectivity index (χ3n) is 8.45. The maximum Gasteiger partial charge on any atom is 0.165 e. The number of aromatic nitrogens is 6. The van der Waals surface area contributed by atoms with E-state index in [1.807, 2.05) is 85.1 Å². The van der Waals surface area contributed by atoms with E-state index < -0.39 is 0 Å². The average molecular weight is 603 g/mol. The van der Waals surface area contributed by atoms with Gasteiger partial charge in [0.05, 0.1) is 5.69 Å². The van der Waals surface area contributed by atoms with E-state index in [2.05, 4.69) is 77.2 Å². The second-order valence-electron chi connectivity index (χ2n) is 11.4. The van der Waals surface area contributed by atoms with Gasteiger partial charge >= 0.3 is 0 Å². The Hall–Kier alpha value is -6.53. The Morgan fingerprint density at radius 3 is 1.55 bits per heavy atom. The summed E-state index contributed by atoms with van der Waals surface area (Å²) in [5, 5.41) is 2.16. The SMILES string of the molecule is c1ccc(-c2nc(-c3ccccc3)nc(-c3cccc(-c4cccc(-c5nc6c(nc7ccccn76)c6ccccc56)c4)c3)n2)cc1. The van der Waals surface area contributed by atoms with E-state index >= 15 is 0 Å². The second kappa shape index (κ2) is 11.1. The fraction of sp³-hybridized carbons (Fsp3) is 0. The second-order valence-corrected chi connectivity index (χ2v) is 11.4. The summed E-state index contributed by atoms with van der Waals surface area (Å²) in [6.45, 7) is 0. The van der Waals surface area contributed by atoms with E-state index in [-0.39, 0.29) is 0 Å². The molecule has 0 aliphatic rings. The Balaban J connectivity index is 1.17. The molecule has 0 bridgehead atoms. The van der Waals surface area contributed by atoms with E-state index in [4.69, 9.17) is 24.9 Å². The van der Waals surface area contributed by atoms with Gasteiger partial charge in [0.1, 0.15) is 11.2 Å². The highest BCUT2D eigenvalue weighted by molar-refractivity contribution is 6.09.